The summed E-state index contributed by atoms with van der Waals surface area (Å²) in [5, 5.41) is 17.8. The number of nitrogens with two attached hydrogens (primary N) is 1. The molecule has 0 aromatic carbocycles. The van der Waals surface area contributed by atoms with Crippen molar-refractivity contribution in [2.24, 2.45) is 11.1 Å². The second-order valence-corrected chi connectivity index (χ2v) is 5.55. The summed E-state index contributed by atoms with van der Waals surface area (Å²) in [5.74, 6) is 0.634. The van der Waals surface area contributed by atoms with Crippen molar-refractivity contribution >= 4 is 11.8 Å². The Kier molecular flexibility index (Phi) is 5.96. The highest BCUT2D eigenvalue weighted by Crippen LogP contribution is 2.26. The maximum atomic E-state index is 9.10. The van der Waals surface area contributed by atoms with Gasteiger partial charge in [-0.05, 0) is 5.41 Å². The smallest absolute Gasteiger partial charge is 0.0565 e. The fraction of sp³-hybridized carbons (Fsp3) is 1.00. The van der Waals surface area contributed by atoms with Gasteiger partial charge in [0.05, 0.1) is 13.2 Å². The molecule has 0 aliphatic carbocycles. The average molecular weight is 207 g/mol. The minimum absolute atomic E-state index is 0.00411. The van der Waals surface area contributed by atoms with Crippen molar-refractivity contribution in [3.63, 3.8) is 0 Å². The van der Waals surface area contributed by atoms with Crippen LogP contribution in [0.5, 0.6) is 0 Å². The molecule has 4 heteroatoms. The van der Waals surface area contributed by atoms with Crippen LogP contribution in [0.3, 0.4) is 0 Å². The van der Waals surface area contributed by atoms with E-state index in [9.17, 15) is 0 Å². The van der Waals surface area contributed by atoms with E-state index in [1.54, 1.807) is 0 Å². The lowest BCUT2D eigenvalue weighted by atomic mass is 9.85. The van der Waals surface area contributed by atoms with Crippen LogP contribution in [0.2, 0.25) is 0 Å². The van der Waals surface area contributed by atoms with E-state index < -0.39 is 0 Å². The Balaban J connectivity index is 4.07. The monoisotopic (exact) mass is 207 g/mol. The van der Waals surface area contributed by atoms with E-state index in [1.807, 2.05) is 0 Å². The molecular formula is C9H21NO2S. The highest BCUT2D eigenvalue weighted by Gasteiger charge is 2.28. The van der Waals surface area contributed by atoms with Crippen molar-refractivity contribution < 1.29 is 10.2 Å². The first-order chi connectivity index (χ1) is 5.93. The number of thioether (sulfide) groups is 1. The van der Waals surface area contributed by atoms with Gasteiger partial charge in [-0.25, -0.2) is 0 Å². The van der Waals surface area contributed by atoms with Crippen molar-refractivity contribution in [1.82, 2.24) is 0 Å². The molecule has 0 aromatic heterocycles. The summed E-state index contributed by atoms with van der Waals surface area (Å²) >= 11 is 1.53. The van der Waals surface area contributed by atoms with Crippen molar-refractivity contribution in [3.8, 4) is 0 Å². The fourth-order valence-electron chi connectivity index (χ4n) is 1.03. The largest absolute Gasteiger partial charge is 0.396 e. The topological polar surface area (TPSA) is 66.5 Å². The molecule has 0 aliphatic heterocycles. The molecule has 0 amide bonds. The van der Waals surface area contributed by atoms with Crippen LogP contribution in [0.25, 0.3) is 0 Å². The van der Waals surface area contributed by atoms with Crippen LogP contribution in [0.1, 0.15) is 20.8 Å². The molecule has 0 aromatic rings. The van der Waals surface area contributed by atoms with E-state index in [1.165, 1.54) is 11.8 Å². The first-order valence-corrected chi connectivity index (χ1v) is 5.57. The molecule has 0 heterocycles. The Morgan fingerprint density at radius 3 is 2.15 bits per heavy atom. The third-order valence-corrected chi connectivity index (χ3v) is 3.29. The predicted molar refractivity (Wildman–Crippen MR) is 57.8 cm³/mol. The molecule has 0 fully saturated rings. The van der Waals surface area contributed by atoms with Crippen molar-refractivity contribution in [1.29, 1.82) is 0 Å². The van der Waals surface area contributed by atoms with Gasteiger partial charge in [-0.1, -0.05) is 20.8 Å². The summed E-state index contributed by atoms with van der Waals surface area (Å²) < 4.78 is 0. The Labute approximate surface area is 84.7 Å². The Morgan fingerprint density at radius 2 is 1.85 bits per heavy atom. The fourth-order valence-corrected chi connectivity index (χ4v) is 2.16. The summed E-state index contributed by atoms with van der Waals surface area (Å²) in [4.78, 5) is 0. The van der Waals surface area contributed by atoms with Gasteiger partial charge in [0.25, 0.3) is 0 Å². The predicted octanol–water partition coefficient (Wildman–Crippen LogP) is 0.446. The lowest BCUT2D eigenvalue weighted by molar-refractivity contribution is 0.232. The number of aliphatic hydroxyl groups excluding tert-OH is 2. The van der Waals surface area contributed by atoms with E-state index in [0.717, 1.165) is 0 Å². The molecule has 0 spiro atoms. The van der Waals surface area contributed by atoms with Gasteiger partial charge < -0.3 is 15.9 Å². The molecule has 0 saturated heterocycles. The highest BCUT2D eigenvalue weighted by molar-refractivity contribution is 8.00. The minimum Gasteiger partial charge on any atom is -0.396 e. The van der Waals surface area contributed by atoms with Crippen LogP contribution < -0.4 is 5.73 Å². The molecule has 0 saturated carbocycles. The van der Waals surface area contributed by atoms with Gasteiger partial charge in [-0.15, -0.1) is 0 Å². The average Bonchev–Trinajstić information content (AvgIpc) is 2.04. The second-order valence-electron chi connectivity index (χ2n) is 4.21. The van der Waals surface area contributed by atoms with Gasteiger partial charge in [-0.3, -0.25) is 0 Å². The molecule has 0 aliphatic rings. The summed E-state index contributed by atoms with van der Waals surface area (Å²) in [6.45, 7) is 6.38. The summed E-state index contributed by atoms with van der Waals surface area (Å²) in [6, 6.07) is -0.0472. The Bertz CT molecular complexity index is 136. The van der Waals surface area contributed by atoms with E-state index in [2.05, 4.69) is 20.8 Å². The minimum atomic E-state index is -0.0472. The van der Waals surface area contributed by atoms with E-state index in [4.69, 9.17) is 15.9 Å². The van der Waals surface area contributed by atoms with E-state index in [-0.39, 0.29) is 29.9 Å². The van der Waals surface area contributed by atoms with Crippen LogP contribution >= 0.6 is 11.8 Å². The van der Waals surface area contributed by atoms with Crippen LogP contribution in [0, 0.1) is 5.41 Å². The summed E-state index contributed by atoms with van der Waals surface area (Å²) in [7, 11) is 0. The van der Waals surface area contributed by atoms with Crippen molar-refractivity contribution in [3.05, 3.63) is 0 Å². The lowest BCUT2D eigenvalue weighted by Crippen LogP contribution is -2.45. The number of hydrogen-bond donors (Lipinski definition) is 3. The van der Waals surface area contributed by atoms with Gasteiger partial charge in [0.1, 0.15) is 0 Å². The molecule has 4 N–H and O–H groups in total. The van der Waals surface area contributed by atoms with Crippen LogP contribution in [0.15, 0.2) is 0 Å². The first kappa shape index (κ1) is 13.2. The molecule has 13 heavy (non-hydrogen) atoms. The first-order valence-electron chi connectivity index (χ1n) is 4.52. The SMILES string of the molecule is CC(C)(C)C(N)C(CO)SCCO. The van der Waals surface area contributed by atoms with Gasteiger partial charge in [0.2, 0.25) is 0 Å². The van der Waals surface area contributed by atoms with Crippen LogP contribution in [-0.2, 0) is 0 Å². The lowest BCUT2D eigenvalue weighted by Gasteiger charge is -2.32. The molecule has 3 nitrogen and oxygen atoms in total. The number of rotatable bonds is 5. The van der Waals surface area contributed by atoms with Gasteiger partial charge in [0, 0.05) is 17.0 Å². The molecule has 2 unspecified atom stereocenters. The van der Waals surface area contributed by atoms with Gasteiger partial charge >= 0.3 is 0 Å². The quantitative estimate of drug-likeness (QED) is 0.612. The van der Waals surface area contributed by atoms with Gasteiger partial charge in [0.15, 0.2) is 0 Å². The number of hydrogen-bond acceptors (Lipinski definition) is 4. The molecule has 0 bridgehead atoms. The second kappa shape index (κ2) is 5.86. The molecule has 0 rings (SSSR count). The normalized spacial score (nSPS) is 17.1. The zero-order chi connectivity index (χ0) is 10.5. The summed E-state index contributed by atoms with van der Waals surface area (Å²) in [5.41, 5.74) is 5.98. The van der Waals surface area contributed by atoms with E-state index in [0.29, 0.717) is 5.75 Å². The molecule has 80 valence electrons. The zero-order valence-corrected chi connectivity index (χ0v) is 9.47. The highest BCUT2D eigenvalue weighted by atomic mass is 32.2. The third-order valence-electron chi connectivity index (χ3n) is 2.00. The van der Waals surface area contributed by atoms with Gasteiger partial charge in [-0.2, -0.15) is 11.8 Å². The summed E-state index contributed by atoms with van der Waals surface area (Å²) in [6.07, 6.45) is 0. The molecule has 0 radical (unpaired) electrons. The maximum absolute atomic E-state index is 9.10. The maximum Gasteiger partial charge on any atom is 0.0565 e. The third kappa shape index (κ3) is 4.86. The zero-order valence-electron chi connectivity index (χ0n) is 8.66. The Morgan fingerprint density at radius 1 is 1.31 bits per heavy atom. The standard InChI is InChI=1S/C9H21NO2S/c1-9(2,3)8(10)7(6-12)13-5-4-11/h7-8,11-12H,4-6,10H2,1-3H3. The molecular weight excluding hydrogens is 186 g/mol. The van der Waals surface area contributed by atoms with Crippen LogP contribution in [0.4, 0.5) is 0 Å². The van der Waals surface area contributed by atoms with E-state index >= 15 is 0 Å². The molecule has 2 atom stereocenters. The number of aliphatic hydroxyl groups is 2. The van der Waals surface area contributed by atoms with Crippen molar-refractivity contribution in [2.45, 2.75) is 32.1 Å². The Hall–Kier alpha value is 0.230. The van der Waals surface area contributed by atoms with Crippen molar-refractivity contribution in [2.75, 3.05) is 19.0 Å². The van der Waals surface area contributed by atoms with Crippen LogP contribution in [-0.4, -0.2) is 40.5 Å².